The number of rotatable bonds is 4. The molecule has 0 bridgehead atoms. The second-order valence-electron chi connectivity index (χ2n) is 3.66. The van der Waals surface area contributed by atoms with Gasteiger partial charge in [-0.2, -0.15) is 0 Å². The van der Waals surface area contributed by atoms with Crippen molar-refractivity contribution in [2.75, 3.05) is 27.3 Å². The molecule has 0 aliphatic heterocycles. The quantitative estimate of drug-likeness (QED) is 0.851. The fourth-order valence-corrected chi connectivity index (χ4v) is 1.78. The number of carbonyl (C=O) groups excluding carboxylic acids is 1. The number of carbonyl (C=O) groups is 1. The molecule has 1 aromatic carbocycles. The number of amides is 1. The summed E-state index contributed by atoms with van der Waals surface area (Å²) >= 11 is 3.44. The molecule has 0 spiro atoms. The number of aryl methyl sites for hydroxylation is 1. The first-order valence-corrected chi connectivity index (χ1v) is 5.86. The maximum atomic E-state index is 12.1. The molecule has 0 saturated carbocycles. The summed E-state index contributed by atoms with van der Waals surface area (Å²) in [6, 6.07) is 5.68. The molecule has 4 heteroatoms. The molecule has 16 heavy (non-hydrogen) atoms. The molecule has 0 aliphatic carbocycles. The van der Waals surface area contributed by atoms with Crippen molar-refractivity contribution in [1.29, 1.82) is 0 Å². The van der Waals surface area contributed by atoms with E-state index in [9.17, 15) is 4.79 Å². The molecule has 3 nitrogen and oxygen atoms in total. The number of nitrogens with zero attached hydrogens (tertiary/aromatic N) is 1. The fraction of sp³-hybridized carbons (Fsp3) is 0.417. The molecule has 0 heterocycles. The number of methoxy groups -OCH3 is 1. The van der Waals surface area contributed by atoms with Gasteiger partial charge in [0.2, 0.25) is 0 Å². The molecule has 0 unspecified atom stereocenters. The van der Waals surface area contributed by atoms with Gasteiger partial charge in [0.25, 0.3) is 5.91 Å². The van der Waals surface area contributed by atoms with Crippen LogP contribution in [-0.4, -0.2) is 38.1 Å². The predicted molar refractivity (Wildman–Crippen MR) is 67.7 cm³/mol. The third kappa shape index (κ3) is 3.06. The van der Waals surface area contributed by atoms with Crippen LogP contribution in [-0.2, 0) is 4.74 Å². The normalized spacial score (nSPS) is 10.2. The lowest BCUT2D eigenvalue weighted by Gasteiger charge is -2.17. The van der Waals surface area contributed by atoms with Crippen molar-refractivity contribution in [3.05, 3.63) is 33.8 Å². The van der Waals surface area contributed by atoms with Gasteiger partial charge < -0.3 is 9.64 Å². The molecule has 0 radical (unpaired) electrons. The van der Waals surface area contributed by atoms with Crippen molar-refractivity contribution >= 4 is 21.8 Å². The number of ether oxygens (including phenoxy) is 1. The third-order valence-electron chi connectivity index (χ3n) is 2.40. The van der Waals surface area contributed by atoms with E-state index in [2.05, 4.69) is 15.9 Å². The molecule has 0 saturated heterocycles. The summed E-state index contributed by atoms with van der Waals surface area (Å²) in [7, 11) is 3.40. The minimum Gasteiger partial charge on any atom is -0.383 e. The van der Waals surface area contributed by atoms with Gasteiger partial charge in [-0.3, -0.25) is 4.79 Å². The van der Waals surface area contributed by atoms with Crippen molar-refractivity contribution in [3.63, 3.8) is 0 Å². The van der Waals surface area contributed by atoms with Crippen LogP contribution in [0, 0.1) is 6.92 Å². The lowest BCUT2D eigenvalue weighted by Crippen LogP contribution is -2.30. The lowest BCUT2D eigenvalue weighted by molar-refractivity contribution is 0.0743. The van der Waals surface area contributed by atoms with Gasteiger partial charge in [-0.05, 0) is 34.5 Å². The Hall–Kier alpha value is -0.870. The van der Waals surface area contributed by atoms with Crippen LogP contribution < -0.4 is 0 Å². The highest BCUT2D eigenvalue weighted by atomic mass is 79.9. The maximum absolute atomic E-state index is 12.1. The molecule has 0 fully saturated rings. The minimum atomic E-state index is 0.00706. The van der Waals surface area contributed by atoms with Crippen LogP contribution in [0.4, 0.5) is 0 Å². The number of halogens is 1. The summed E-state index contributed by atoms with van der Waals surface area (Å²) in [6.45, 7) is 3.11. The van der Waals surface area contributed by atoms with Gasteiger partial charge in [0, 0.05) is 25.2 Å². The van der Waals surface area contributed by atoms with E-state index >= 15 is 0 Å². The molecule has 0 N–H and O–H groups in total. The van der Waals surface area contributed by atoms with Gasteiger partial charge in [0.1, 0.15) is 0 Å². The van der Waals surface area contributed by atoms with Gasteiger partial charge >= 0.3 is 0 Å². The number of likely N-dealkylation sites (N-methyl/N-ethyl adjacent to an activating group) is 1. The predicted octanol–water partition coefficient (Wildman–Crippen LogP) is 2.48. The average Bonchev–Trinajstić information content (AvgIpc) is 2.28. The van der Waals surface area contributed by atoms with E-state index in [-0.39, 0.29) is 5.91 Å². The molecule has 1 aromatic rings. The SMILES string of the molecule is COCCN(C)C(=O)c1cccc(C)c1Br. The van der Waals surface area contributed by atoms with Crippen LogP contribution in [0.2, 0.25) is 0 Å². The van der Waals surface area contributed by atoms with Gasteiger partial charge in [-0.1, -0.05) is 12.1 Å². The maximum Gasteiger partial charge on any atom is 0.254 e. The minimum absolute atomic E-state index is 0.00706. The highest BCUT2D eigenvalue weighted by molar-refractivity contribution is 9.10. The fourth-order valence-electron chi connectivity index (χ4n) is 1.35. The van der Waals surface area contributed by atoms with Crippen molar-refractivity contribution in [1.82, 2.24) is 4.90 Å². The van der Waals surface area contributed by atoms with Crippen molar-refractivity contribution in [2.45, 2.75) is 6.92 Å². The van der Waals surface area contributed by atoms with Crippen molar-refractivity contribution in [3.8, 4) is 0 Å². The van der Waals surface area contributed by atoms with E-state index in [1.165, 1.54) is 0 Å². The second kappa shape index (κ2) is 6.01. The Kier molecular flexibility index (Phi) is 4.96. The number of benzene rings is 1. The van der Waals surface area contributed by atoms with E-state index in [4.69, 9.17) is 4.74 Å². The van der Waals surface area contributed by atoms with Gasteiger partial charge in [0.05, 0.1) is 12.2 Å². The Labute approximate surface area is 105 Å². The number of hydrogen-bond acceptors (Lipinski definition) is 2. The van der Waals surface area contributed by atoms with E-state index in [1.807, 2.05) is 25.1 Å². The Morgan fingerprint density at radius 3 is 2.81 bits per heavy atom. The van der Waals surface area contributed by atoms with Crippen LogP contribution in [0.15, 0.2) is 22.7 Å². The van der Waals surface area contributed by atoms with Gasteiger partial charge in [-0.15, -0.1) is 0 Å². The second-order valence-corrected chi connectivity index (χ2v) is 4.45. The summed E-state index contributed by atoms with van der Waals surface area (Å²) in [6.07, 6.45) is 0. The molecular weight excluding hydrogens is 270 g/mol. The highest BCUT2D eigenvalue weighted by Crippen LogP contribution is 2.22. The summed E-state index contributed by atoms with van der Waals surface area (Å²) in [5.74, 6) is 0.00706. The molecule has 1 amide bonds. The molecule has 0 aromatic heterocycles. The number of hydrogen-bond donors (Lipinski definition) is 0. The van der Waals surface area contributed by atoms with Crippen LogP contribution in [0.3, 0.4) is 0 Å². The zero-order chi connectivity index (χ0) is 12.1. The van der Waals surface area contributed by atoms with Crippen LogP contribution >= 0.6 is 15.9 Å². The van der Waals surface area contributed by atoms with Gasteiger partial charge in [-0.25, -0.2) is 0 Å². The summed E-state index contributed by atoms with van der Waals surface area (Å²) in [5.41, 5.74) is 1.75. The first kappa shape index (κ1) is 13.2. The average molecular weight is 286 g/mol. The van der Waals surface area contributed by atoms with Crippen molar-refractivity contribution < 1.29 is 9.53 Å². The topological polar surface area (TPSA) is 29.5 Å². The smallest absolute Gasteiger partial charge is 0.254 e. The van der Waals surface area contributed by atoms with E-state index in [0.29, 0.717) is 18.7 Å². The van der Waals surface area contributed by atoms with Crippen LogP contribution in [0.1, 0.15) is 15.9 Å². The summed E-state index contributed by atoms with van der Waals surface area (Å²) in [4.78, 5) is 13.7. The third-order valence-corrected chi connectivity index (χ3v) is 3.45. The van der Waals surface area contributed by atoms with E-state index in [1.54, 1.807) is 19.1 Å². The molecular formula is C12H16BrNO2. The van der Waals surface area contributed by atoms with Crippen LogP contribution in [0.25, 0.3) is 0 Å². The molecule has 0 aliphatic rings. The van der Waals surface area contributed by atoms with E-state index < -0.39 is 0 Å². The molecule has 0 atom stereocenters. The Morgan fingerprint density at radius 2 is 2.19 bits per heavy atom. The molecule has 1 rings (SSSR count). The highest BCUT2D eigenvalue weighted by Gasteiger charge is 2.15. The standard InChI is InChI=1S/C12H16BrNO2/c1-9-5-4-6-10(11(9)13)12(15)14(2)7-8-16-3/h4-6H,7-8H2,1-3H3. The lowest BCUT2D eigenvalue weighted by atomic mass is 10.1. The zero-order valence-electron chi connectivity index (χ0n) is 9.79. The first-order chi connectivity index (χ1) is 7.57. The first-order valence-electron chi connectivity index (χ1n) is 5.07. The zero-order valence-corrected chi connectivity index (χ0v) is 11.4. The monoisotopic (exact) mass is 285 g/mol. The van der Waals surface area contributed by atoms with Crippen molar-refractivity contribution in [2.24, 2.45) is 0 Å². The van der Waals surface area contributed by atoms with E-state index in [0.717, 1.165) is 10.0 Å². The Balaban J connectivity index is 2.84. The molecule has 88 valence electrons. The van der Waals surface area contributed by atoms with Crippen LogP contribution in [0.5, 0.6) is 0 Å². The summed E-state index contributed by atoms with van der Waals surface area (Å²) < 4.78 is 5.81. The van der Waals surface area contributed by atoms with Gasteiger partial charge in [0.15, 0.2) is 0 Å². The summed E-state index contributed by atoms with van der Waals surface area (Å²) in [5, 5.41) is 0. The Morgan fingerprint density at radius 1 is 1.50 bits per heavy atom. The largest absolute Gasteiger partial charge is 0.383 e. The Bertz CT molecular complexity index is 379.